The molecule has 1 aromatic rings. The highest BCUT2D eigenvalue weighted by molar-refractivity contribution is 5.80. The topological polar surface area (TPSA) is 67.7 Å². The molecular formula is C7H12N4. The fourth-order valence-electron chi connectivity index (χ4n) is 0.791. The molecule has 0 aliphatic carbocycles. The molecule has 1 unspecified atom stereocenters. The monoisotopic (exact) mass is 152 g/mol. The summed E-state index contributed by atoms with van der Waals surface area (Å²) in [4.78, 5) is 0. The van der Waals surface area contributed by atoms with E-state index in [1.807, 2.05) is 26.1 Å². The number of nitrogens with zero attached hydrogens (tertiary/aromatic N) is 2. The smallest absolute Gasteiger partial charge is 0.116 e. The summed E-state index contributed by atoms with van der Waals surface area (Å²) >= 11 is 0. The Morgan fingerprint density at radius 3 is 2.82 bits per heavy atom. The molecule has 0 amide bonds. The van der Waals surface area contributed by atoms with E-state index in [-0.39, 0.29) is 11.9 Å². The van der Waals surface area contributed by atoms with Gasteiger partial charge in [-0.25, -0.2) is 0 Å². The molecule has 1 aromatic heterocycles. The van der Waals surface area contributed by atoms with Crippen molar-refractivity contribution in [3.05, 3.63) is 18.0 Å². The first-order valence-electron chi connectivity index (χ1n) is 3.47. The molecule has 1 heterocycles. The minimum Gasteiger partial charge on any atom is -0.386 e. The quantitative estimate of drug-likeness (QED) is 0.483. The summed E-state index contributed by atoms with van der Waals surface area (Å²) in [5.74, 6) is 0.133. The van der Waals surface area contributed by atoms with E-state index in [9.17, 15) is 0 Å². The number of nitrogens with two attached hydrogens (primary N) is 1. The Balaban J connectivity index is 2.84. The summed E-state index contributed by atoms with van der Waals surface area (Å²) in [6.07, 6.45) is 1.82. The maximum absolute atomic E-state index is 7.16. The molecule has 4 heteroatoms. The molecule has 4 nitrogen and oxygen atoms in total. The Hall–Kier alpha value is -1.32. The predicted octanol–water partition coefficient (Wildman–Crippen LogP) is 0.688. The third kappa shape index (κ3) is 1.58. The molecule has 0 aliphatic heterocycles. The maximum atomic E-state index is 7.16. The first-order chi connectivity index (χ1) is 5.11. The Bertz CT molecular complexity index is 263. The summed E-state index contributed by atoms with van der Waals surface area (Å²) < 4.78 is 1.68. The van der Waals surface area contributed by atoms with Crippen molar-refractivity contribution in [3.8, 4) is 0 Å². The highest BCUT2D eigenvalue weighted by Crippen LogP contribution is 2.03. The maximum Gasteiger partial charge on any atom is 0.116 e. The molecule has 0 bridgehead atoms. The fraction of sp³-hybridized carbons (Fsp3) is 0.429. The minimum absolute atomic E-state index is 0.133. The van der Waals surface area contributed by atoms with E-state index in [0.717, 1.165) is 5.69 Å². The van der Waals surface area contributed by atoms with Gasteiger partial charge in [0.15, 0.2) is 0 Å². The average Bonchev–Trinajstić information content (AvgIpc) is 2.34. The van der Waals surface area contributed by atoms with Crippen molar-refractivity contribution in [2.75, 3.05) is 0 Å². The van der Waals surface area contributed by atoms with Gasteiger partial charge in [0, 0.05) is 6.20 Å². The van der Waals surface area contributed by atoms with Crippen LogP contribution in [0.2, 0.25) is 0 Å². The molecule has 0 aromatic carbocycles. The van der Waals surface area contributed by atoms with Crippen molar-refractivity contribution in [3.63, 3.8) is 0 Å². The number of aromatic nitrogens is 2. The van der Waals surface area contributed by atoms with Crippen LogP contribution in [0.3, 0.4) is 0 Å². The Morgan fingerprint density at radius 2 is 2.45 bits per heavy atom. The Morgan fingerprint density at radius 1 is 1.82 bits per heavy atom. The van der Waals surface area contributed by atoms with Gasteiger partial charge < -0.3 is 5.73 Å². The third-order valence-electron chi connectivity index (χ3n) is 1.59. The first-order valence-corrected chi connectivity index (χ1v) is 3.47. The van der Waals surface area contributed by atoms with E-state index in [1.54, 1.807) is 4.68 Å². The molecule has 1 atom stereocenters. The highest BCUT2D eigenvalue weighted by Gasteiger charge is 2.06. The van der Waals surface area contributed by atoms with Gasteiger partial charge in [0.25, 0.3) is 0 Å². The molecule has 60 valence electrons. The second kappa shape index (κ2) is 2.74. The lowest BCUT2D eigenvalue weighted by molar-refractivity contribution is 0.597. The lowest BCUT2D eigenvalue weighted by Crippen LogP contribution is -2.23. The number of hydrogen-bond donors (Lipinski definition) is 2. The van der Waals surface area contributed by atoms with Gasteiger partial charge in [-0.15, -0.1) is 0 Å². The minimum atomic E-state index is -0.135. The molecule has 0 saturated carbocycles. The van der Waals surface area contributed by atoms with Gasteiger partial charge >= 0.3 is 0 Å². The predicted molar refractivity (Wildman–Crippen MR) is 43.6 cm³/mol. The molecule has 11 heavy (non-hydrogen) atoms. The van der Waals surface area contributed by atoms with Crippen LogP contribution in [0, 0.1) is 12.3 Å². The normalized spacial score (nSPS) is 12.9. The van der Waals surface area contributed by atoms with Crippen LogP contribution in [0.25, 0.3) is 0 Å². The van der Waals surface area contributed by atoms with E-state index < -0.39 is 0 Å². The van der Waals surface area contributed by atoms with Crippen molar-refractivity contribution in [2.24, 2.45) is 5.73 Å². The van der Waals surface area contributed by atoms with Crippen molar-refractivity contribution >= 4 is 5.84 Å². The standard InChI is InChI=1S/C7H12N4/c1-5-3-4-11(10-5)6(2)7(8)9/h3-4,6H,1-2H3,(H3,8,9). The summed E-state index contributed by atoms with van der Waals surface area (Å²) in [5, 5.41) is 11.3. The van der Waals surface area contributed by atoms with Gasteiger partial charge in [-0.2, -0.15) is 5.10 Å². The van der Waals surface area contributed by atoms with Gasteiger partial charge in [-0.1, -0.05) is 0 Å². The van der Waals surface area contributed by atoms with Crippen molar-refractivity contribution in [1.29, 1.82) is 5.41 Å². The largest absolute Gasteiger partial charge is 0.386 e. The average molecular weight is 152 g/mol. The SMILES string of the molecule is Cc1ccn(C(C)C(=N)N)n1. The van der Waals surface area contributed by atoms with Crippen LogP contribution in [0.4, 0.5) is 0 Å². The zero-order chi connectivity index (χ0) is 8.43. The molecule has 0 aliphatic rings. The van der Waals surface area contributed by atoms with E-state index in [0.29, 0.717) is 0 Å². The Kier molecular flexibility index (Phi) is 1.94. The van der Waals surface area contributed by atoms with Crippen LogP contribution in [0.5, 0.6) is 0 Å². The molecule has 0 radical (unpaired) electrons. The summed E-state index contributed by atoms with van der Waals surface area (Å²) in [7, 11) is 0. The number of hydrogen-bond acceptors (Lipinski definition) is 2. The number of aryl methyl sites for hydroxylation is 1. The van der Waals surface area contributed by atoms with Crippen LogP contribution in [0.1, 0.15) is 18.7 Å². The van der Waals surface area contributed by atoms with Crippen LogP contribution < -0.4 is 5.73 Å². The van der Waals surface area contributed by atoms with E-state index in [2.05, 4.69) is 5.10 Å². The van der Waals surface area contributed by atoms with Crippen molar-refractivity contribution < 1.29 is 0 Å². The van der Waals surface area contributed by atoms with Gasteiger partial charge in [0.05, 0.1) is 5.69 Å². The second-order valence-electron chi connectivity index (χ2n) is 2.57. The van der Waals surface area contributed by atoms with Crippen molar-refractivity contribution in [1.82, 2.24) is 9.78 Å². The zero-order valence-corrected chi connectivity index (χ0v) is 6.70. The van der Waals surface area contributed by atoms with Crippen molar-refractivity contribution in [2.45, 2.75) is 19.9 Å². The molecule has 3 N–H and O–H groups in total. The Labute approximate surface area is 65.5 Å². The van der Waals surface area contributed by atoms with Gasteiger partial charge in [-0.05, 0) is 19.9 Å². The van der Waals surface area contributed by atoms with Gasteiger partial charge in [-0.3, -0.25) is 10.1 Å². The van der Waals surface area contributed by atoms with Crippen LogP contribution in [-0.2, 0) is 0 Å². The molecule has 0 fully saturated rings. The molecular weight excluding hydrogens is 140 g/mol. The van der Waals surface area contributed by atoms with Crippen LogP contribution >= 0.6 is 0 Å². The van der Waals surface area contributed by atoms with Gasteiger partial charge in [0.1, 0.15) is 11.9 Å². The molecule has 1 rings (SSSR count). The summed E-state index contributed by atoms with van der Waals surface area (Å²) in [6.45, 7) is 3.75. The van der Waals surface area contributed by atoms with E-state index >= 15 is 0 Å². The zero-order valence-electron chi connectivity index (χ0n) is 6.70. The molecule has 0 saturated heterocycles. The number of rotatable bonds is 2. The fourth-order valence-corrected chi connectivity index (χ4v) is 0.791. The lowest BCUT2D eigenvalue weighted by Gasteiger charge is -2.08. The van der Waals surface area contributed by atoms with E-state index in [4.69, 9.17) is 11.1 Å². The third-order valence-corrected chi connectivity index (χ3v) is 1.59. The highest BCUT2D eigenvalue weighted by atomic mass is 15.3. The van der Waals surface area contributed by atoms with Gasteiger partial charge in [0.2, 0.25) is 0 Å². The summed E-state index contributed by atoms with van der Waals surface area (Å²) in [5.41, 5.74) is 6.24. The van der Waals surface area contributed by atoms with Crippen LogP contribution in [-0.4, -0.2) is 15.6 Å². The summed E-state index contributed by atoms with van der Waals surface area (Å²) in [6, 6.07) is 1.75. The second-order valence-corrected chi connectivity index (χ2v) is 2.57. The number of amidine groups is 1. The number of nitrogens with one attached hydrogen (secondary N) is 1. The van der Waals surface area contributed by atoms with Crippen LogP contribution in [0.15, 0.2) is 12.3 Å². The van der Waals surface area contributed by atoms with E-state index in [1.165, 1.54) is 0 Å². The first kappa shape index (κ1) is 7.78. The molecule has 0 spiro atoms. The lowest BCUT2D eigenvalue weighted by atomic mass is 10.3.